The molecule has 2 aromatic carbocycles. The van der Waals surface area contributed by atoms with E-state index in [9.17, 15) is 13.6 Å². The molecule has 0 fully saturated rings. The lowest BCUT2D eigenvalue weighted by atomic mass is 9.97. The van der Waals surface area contributed by atoms with Crippen molar-refractivity contribution in [3.8, 4) is 0 Å². The summed E-state index contributed by atoms with van der Waals surface area (Å²) in [5.74, 6) is -4.42. The predicted octanol–water partition coefficient (Wildman–Crippen LogP) is 5.40. The second kappa shape index (κ2) is 8.38. The van der Waals surface area contributed by atoms with Crippen LogP contribution in [0.3, 0.4) is 0 Å². The summed E-state index contributed by atoms with van der Waals surface area (Å²) in [6.07, 6.45) is -0.923. The van der Waals surface area contributed by atoms with Gasteiger partial charge in [-0.2, -0.15) is 0 Å². The molecule has 2 aromatic rings. The van der Waals surface area contributed by atoms with Gasteiger partial charge in [0.15, 0.2) is 0 Å². The molecule has 0 aromatic heterocycles. The number of esters is 1. The first-order chi connectivity index (χ1) is 11.4. The molecule has 0 aliphatic rings. The largest absolute Gasteiger partial charge is 0.461 e. The number of halogens is 3. The first-order valence-electron chi connectivity index (χ1n) is 7.68. The van der Waals surface area contributed by atoms with Crippen LogP contribution in [0.25, 0.3) is 0 Å². The van der Waals surface area contributed by atoms with Crippen molar-refractivity contribution in [2.24, 2.45) is 5.92 Å². The molecule has 0 bridgehead atoms. The molecule has 0 aliphatic heterocycles. The molecule has 0 amide bonds. The molecule has 0 N–H and O–H groups in total. The van der Waals surface area contributed by atoms with E-state index in [1.165, 1.54) is 6.92 Å². The van der Waals surface area contributed by atoms with Crippen molar-refractivity contribution in [2.75, 3.05) is 0 Å². The second-order valence-electron chi connectivity index (χ2n) is 5.86. The van der Waals surface area contributed by atoms with Crippen LogP contribution in [-0.4, -0.2) is 11.9 Å². The van der Waals surface area contributed by atoms with Crippen LogP contribution in [0.4, 0.5) is 8.78 Å². The van der Waals surface area contributed by atoms with Gasteiger partial charge in [-0.05, 0) is 23.3 Å². The highest BCUT2D eigenvalue weighted by molar-refractivity contribution is 9.10. The Morgan fingerprint density at radius 1 is 1.08 bits per heavy atom. The molecule has 0 saturated carbocycles. The average molecular weight is 397 g/mol. The lowest BCUT2D eigenvalue weighted by Gasteiger charge is -2.20. The van der Waals surface area contributed by atoms with E-state index in [0.29, 0.717) is 5.56 Å². The van der Waals surface area contributed by atoms with Crippen molar-refractivity contribution in [3.05, 3.63) is 70.2 Å². The quantitative estimate of drug-likeness (QED) is 0.585. The smallest absolute Gasteiger partial charge is 0.309 e. The SMILES string of the molecule is CC(CC(F)(F)Cc1ccc(Br)cc1)C(=O)OCc1ccccc1. The molecule has 0 radical (unpaired) electrons. The van der Waals surface area contributed by atoms with Crippen LogP contribution in [-0.2, 0) is 22.6 Å². The fourth-order valence-electron chi connectivity index (χ4n) is 2.38. The van der Waals surface area contributed by atoms with Crippen LogP contribution in [0.5, 0.6) is 0 Å². The van der Waals surface area contributed by atoms with Crippen LogP contribution in [0.1, 0.15) is 24.5 Å². The maximum absolute atomic E-state index is 14.2. The molecular weight excluding hydrogens is 378 g/mol. The van der Waals surface area contributed by atoms with Crippen LogP contribution >= 0.6 is 15.9 Å². The van der Waals surface area contributed by atoms with E-state index in [1.807, 2.05) is 30.3 Å². The first kappa shape index (κ1) is 18.6. The van der Waals surface area contributed by atoms with Gasteiger partial charge in [0.25, 0.3) is 5.92 Å². The molecule has 24 heavy (non-hydrogen) atoms. The van der Waals surface area contributed by atoms with Crippen LogP contribution < -0.4 is 0 Å². The van der Waals surface area contributed by atoms with Crippen LogP contribution in [0.2, 0.25) is 0 Å². The van der Waals surface area contributed by atoms with Crippen LogP contribution in [0, 0.1) is 5.92 Å². The van der Waals surface area contributed by atoms with Gasteiger partial charge in [-0.15, -0.1) is 0 Å². The van der Waals surface area contributed by atoms with Gasteiger partial charge in [-0.1, -0.05) is 65.3 Å². The van der Waals surface area contributed by atoms with Crippen molar-refractivity contribution in [1.29, 1.82) is 0 Å². The Kier molecular flexibility index (Phi) is 6.49. The molecule has 1 atom stereocenters. The number of rotatable bonds is 7. The summed E-state index contributed by atoms with van der Waals surface area (Å²) in [7, 11) is 0. The second-order valence-corrected chi connectivity index (χ2v) is 6.77. The number of hydrogen-bond acceptors (Lipinski definition) is 2. The summed E-state index contributed by atoms with van der Waals surface area (Å²) >= 11 is 3.27. The number of carbonyl (C=O) groups is 1. The lowest BCUT2D eigenvalue weighted by Crippen LogP contribution is -2.27. The number of carbonyl (C=O) groups excluding carboxylic acids is 1. The van der Waals surface area contributed by atoms with Crippen molar-refractivity contribution in [1.82, 2.24) is 0 Å². The van der Waals surface area contributed by atoms with Gasteiger partial charge in [0, 0.05) is 17.3 Å². The fourth-order valence-corrected chi connectivity index (χ4v) is 2.64. The van der Waals surface area contributed by atoms with Gasteiger partial charge < -0.3 is 4.74 Å². The molecule has 0 saturated heterocycles. The zero-order chi connectivity index (χ0) is 17.6. The van der Waals surface area contributed by atoms with E-state index in [4.69, 9.17) is 4.74 Å². The maximum Gasteiger partial charge on any atom is 0.309 e. The number of hydrogen-bond donors (Lipinski definition) is 0. The Balaban J connectivity index is 1.85. The first-order valence-corrected chi connectivity index (χ1v) is 8.48. The lowest BCUT2D eigenvalue weighted by molar-refractivity contribution is -0.152. The summed E-state index contributed by atoms with van der Waals surface area (Å²) in [6, 6.07) is 15.9. The normalized spacial score (nSPS) is 12.7. The van der Waals surface area contributed by atoms with E-state index >= 15 is 0 Å². The molecule has 0 heterocycles. The van der Waals surface area contributed by atoms with Crippen molar-refractivity contribution in [3.63, 3.8) is 0 Å². The number of ether oxygens (including phenoxy) is 1. The average Bonchev–Trinajstić information content (AvgIpc) is 2.55. The molecule has 0 aliphatic carbocycles. The molecule has 0 spiro atoms. The predicted molar refractivity (Wildman–Crippen MR) is 92.8 cm³/mol. The number of benzene rings is 2. The Labute approximate surface area is 149 Å². The van der Waals surface area contributed by atoms with Crippen LogP contribution in [0.15, 0.2) is 59.1 Å². The highest BCUT2D eigenvalue weighted by atomic mass is 79.9. The highest BCUT2D eigenvalue weighted by Gasteiger charge is 2.34. The molecule has 2 nitrogen and oxygen atoms in total. The van der Waals surface area contributed by atoms with Gasteiger partial charge in [-0.3, -0.25) is 4.79 Å². The molecule has 5 heteroatoms. The van der Waals surface area contributed by atoms with Gasteiger partial charge >= 0.3 is 5.97 Å². The third-order valence-electron chi connectivity index (χ3n) is 3.61. The molecule has 1 unspecified atom stereocenters. The summed E-state index contributed by atoms with van der Waals surface area (Å²) in [6.45, 7) is 1.57. The Morgan fingerprint density at radius 2 is 1.71 bits per heavy atom. The Hall–Kier alpha value is -1.75. The third-order valence-corrected chi connectivity index (χ3v) is 4.14. The van der Waals surface area contributed by atoms with E-state index in [2.05, 4.69) is 15.9 Å². The minimum Gasteiger partial charge on any atom is -0.461 e. The topological polar surface area (TPSA) is 26.3 Å². The highest BCUT2D eigenvalue weighted by Crippen LogP contribution is 2.29. The Bertz CT molecular complexity index is 657. The summed E-state index contributed by atoms with van der Waals surface area (Å²) in [4.78, 5) is 11.9. The maximum atomic E-state index is 14.2. The fraction of sp³-hybridized carbons (Fsp3) is 0.316. The van der Waals surface area contributed by atoms with Gasteiger partial charge in [-0.25, -0.2) is 8.78 Å². The van der Waals surface area contributed by atoms with Crippen molar-refractivity contribution < 1.29 is 18.3 Å². The number of alkyl halides is 2. The summed E-state index contributed by atoms with van der Waals surface area (Å²) in [5.41, 5.74) is 1.37. The van der Waals surface area contributed by atoms with Gasteiger partial charge in [0.1, 0.15) is 6.61 Å². The molecule has 128 valence electrons. The van der Waals surface area contributed by atoms with E-state index in [0.717, 1.165) is 10.0 Å². The van der Waals surface area contributed by atoms with Gasteiger partial charge in [0.05, 0.1) is 5.92 Å². The summed E-state index contributed by atoms with van der Waals surface area (Å²) in [5, 5.41) is 0. The molecule has 2 rings (SSSR count). The van der Waals surface area contributed by atoms with E-state index in [1.54, 1.807) is 24.3 Å². The summed E-state index contributed by atoms with van der Waals surface area (Å²) < 4.78 is 34.3. The third kappa shape index (κ3) is 6.04. The van der Waals surface area contributed by atoms with Crippen molar-refractivity contribution >= 4 is 21.9 Å². The minimum absolute atomic E-state index is 0.0995. The minimum atomic E-state index is -2.96. The van der Waals surface area contributed by atoms with Gasteiger partial charge in [0.2, 0.25) is 0 Å². The monoisotopic (exact) mass is 396 g/mol. The Morgan fingerprint density at radius 3 is 2.33 bits per heavy atom. The standard InChI is InChI=1S/C19H19BrF2O2/c1-14(18(23)24-13-16-5-3-2-4-6-16)11-19(21,22)12-15-7-9-17(20)10-8-15/h2-10,14H,11-13H2,1H3. The van der Waals surface area contributed by atoms with E-state index < -0.39 is 30.7 Å². The molecular formula is C19H19BrF2O2. The zero-order valence-corrected chi connectivity index (χ0v) is 14.9. The van der Waals surface area contributed by atoms with Crippen molar-refractivity contribution in [2.45, 2.75) is 32.3 Å². The zero-order valence-electron chi connectivity index (χ0n) is 13.3. The van der Waals surface area contributed by atoms with E-state index in [-0.39, 0.29) is 6.61 Å².